The zero-order chi connectivity index (χ0) is 25.4. The van der Waals surface area contributed by atoms with Gasteiger partial charge in [-0.2, -0.15) is 0 Å². The number of rotatable bonds is 5. The van der Waals surface area contributed by atoms with E-state index in [1.807, 2.05) is 18.2 Å². The van der Waals surface area contributed by atoms with Gasteiger partial charge in [0.25, 0.3) is 5.56 Å². The highest BCUT2D eigenvalue weighted by atomic mass is 35.5. The molecule has 1 aromatic heterocycles. The number of aromatic nitrogens is 1. The molecule has 0 saturated carbocycles. The van der Waals surface area contributed by atoms with Gasteiger partial charge in [-0.15, -0.1) is 0 Å². The van der Waals surface area contributed by atoms with Crippen molar-refractivity contribution in [1.82, 2.24) is 4.57 Å². The predicted molar refractivity (Wildman–Crippen MR) is 144 cm³/mol. The predicted octanol–water partition coefficient (Wildman–Crippen LogP) is 4.36. The zero-order valence-electron chi connectivity index (χ0n) is 20.6. The Hall–Kier alpha value is -3.16. The molecule has 1 fully saturated rings. The molecule has 1 saturated heterocycles. The number of esters is 1. The molecule has 2 aromatic carbocycles. The lowest BCUT2D eigenvalue weighted by Gasteiger charge is -2.24. The van der Waals surface area contributed by atoms with Crippen LogP contribution in [0.5, 0.6) is 0 Å². The molecule has 2 aliphatic rings. The maximum atomic E-state index is 13.7. The Bertz CT molecular complexity index is 1530. The number of carbonyl (C=O) groups is 1. The zero-order valence-corrected chi connectivity index (χ0v) is 22.2. The fourth-order valence-corrected chi connectivity index (χ4v) is 6.16. The molecule has 1 atom stereocenters. The Balaban J connectivity index is 1.63. The lowest BCUT2D eigenvalue weighted by molar-refractivity contribution is -0.139. The van der Waals surface area contributed by atoms with Gasteiger partial charge in [0, 0.05) is 23.8 Å². The summed E-state index contributed by atoms with van der Waals surface area (Å²) < 4.78 is 7.51. The van der Waals surface area contributed by atoms with Crippen molar-refractivity contribution in [2.24, 2.45) is 4.99 Å². The van der Waals surface area contributed by atoms with E-state index in [1.54, 1.807) is 30.5 Å². The minimum absolute atomic E-state index is 0.186. The number of ether oxygens (including phenoxy) is 1. The minimum atomic E-state index is -0.640. The molecule has 0 unspecified atom stereocenters. The Morgan fingerprint density at radius 2 is 1.89 bits per heavy atom. The van der Waals surface area contributed by atoms with Crippen molar-refractivity contribution < 1.29 is 9.53 Å². The fourth-order valence-electron chi connectivity index (χ4n) is 4.98. The molecule has 36 heavy (non-hydrogen) atoms. The van der Waals surface area contributed by atoms with E-state index in [0.29, 0.717) is 25.6 Å². The van der Waals surface area contributed by atoms with Crippen molar-refractivity contribution in [2.45, 2.75) is 39.7 Å². The molecule has 0 N–H and O–H groups in total. The Morgan fingerprint density at radius 3 is 2.56 bits per heavy atom. The largest absolute Gasteiger partial charge is 0.463 e. The summed E-state index contributed by atoms with van der Waals surface area (Å²) in [6, 6.07) is 12.9. The maximum Gasteiger partial charge on any atom is 0.338 e. The highest BCUT2D eigenvalue weighted by Gasteiger charge is 2.33. The molecular formula is C28H28ClN3O3S. The summed E-state index contributed by atoms with van der Waals surface area (Å²) in [7, 11) is 0. The van der Waals surface area contributed by atoms with Crippen LogP contribution >= 0.6 is 22.9 Å². The third kappa shape index (κ3) is 4.53. The van der Waals surface area contributed by atoms with E-state index in [9.17, 15) is 9.59 Å². The van der Waals surface area contributed by atoms with Gasteiger partial charge in [-0.05, 0) is 80.6 Å². The monoisotopic (exact) mass is 521 g/mol. The Labute approximate surface area is 218 Å². The van der Waals surface area contributed by atoms with Gasteiger partial charge in [-0.25, -0.2) is 9.79 Å². The van der Waals surface area contributed by atoms with Gasteiger partial charge in [-0.3, -0.25) is 9.36 Å². The number of carbonyl (C=O) groups excluding carboxylic acids is 1. The quantitative estimate of drug-likeness (QED) is 0.468. The number of hydrogen-bond donors (Lipinski definition) is 0. The van der Waals surface area contributed by atoms with Crippen LogP contribution in [0.15, 0.2) is 63.5 Å². The summed E-state index contributed by atoms with van der Waals surface area (Å²) in [5, 5.41) is 0.581. The second-order valence-electron chi connectivity index (χ2n) is 9.09. The first-order valence-corrected chi connectivity index (χ1v) is 13.4. The van der Waals surface area contributed by atoms with Crippen LogP contribution in [0.3, 0.4) is 0 Å². The van der Waals surface area contributed by atoms with Crippen LogP contribution in [-0.4, -0.2) is 30.2 Å². The first kappa shape index (κ1) is 24.5. The third-order valence-corrected chi connectivity index (χ3v) is 7.90. The lowest BCUT2D eigenvalue weighted by Crippen LogP contribution is -2.39. The van der Waals surface area contributed by atoms with Crippen LogP contribution < -0.4 is 19.8 Å². The average Bonchev–Trinajstić information content (AvgIpc) is 3.48. The summed E-state index contributed by atoms with van der Waals surface area (Å²) in [5.74, 6) is -0.471. The Kier molecular flexibility index (Phi) is 6.86. The van der Waals surface area contributed by atoms with Crippen molar-refractivity contribution in [3.8, 4) is 0 Å². The molecule has 5 rings (SSSR count). The number of benzene rings is 2. The van der Waals surface area contributed by atoms with Crippen LogP contribution in [0, 0.1) is 6.92 Å². The number of aryl methyl sites for hydroxylation is 1. The van der Waals surface area contributed by atoms with Crippen molar-refractivity contribution in [1.29, 1.82) is 0 Å². The second kappa shape index (κ2) is 10.1. The van der Waals surface area contributed by atoms with Gasteiger partial charge in [-0.1, -0.05) is 41.1 Å². The normalized spacial score (nSPS) is 17.8. The van der Waals surface area contributed by atoms with Crippen LogP contribution in [-0.2, 0) is 9.53 Å². The molecule has 0 bridgehead atoms. The maximum absolute atomic E-state index is 13.7. The molecule has 186 valence electrons. The van der Waals surface area contributed by atoms with Crippen molar-refractivity contribution in [2.75, 3.05) is 24.6 Å². The SMILES string of the molecule is CCOC(=O)C1=C(C)N=c2s/c(=C/c3ccc(N4CCCC4)c(C)c3)c(=O)n2[C@H]1c1ccc(Cl)cc1. The van der Waals surface area contributed by atoms with Crippen molar-refractivity contribution in [3.63, 3.8) is 0 Å². The van der Waals surface area contributed by atoms with Gasteiger partial charge in [0.2, 0.25) is 0 Å². The summed E-state index contributed by atoms with van der Waals surface area (Å²) in [6.45, 7) is 8.07. The highest BCUT2D eigenvalue weighted by molar-refractivity contribution is 7.07. The van der Waals surface area contributed by atoms with Crippen molar-refractivity contribution >= 4 is 40.7 Å². The summed E-state index contributed by atoms with van der Waals surface area (Å²) in [5.41, 5.74) is 4.91. The molecule has 3 aromatic rings. The standard InChI is InChI=1S/C28H28ClN3O3S/c1-4-35-27(34)24-18(3)30-28-32(25(24)20-8-10-21(29)11-9-20)26(33)23(36-28)16-19-7-12-22(17(2)15-19)31-13-5-6-14-31/h7-12,15-16,25H,4-6,13-14H2,1-3H3/b23-16+/t25-/m0/s1. The molecule has 6 nitrogen and oxygen atoms in total. The van der Waals surface area contributed by atoms with Gasteiger partial charge in [0.05, 0.1) is 28.5 Å². The number of nitrogens with zero attached hydrogens (tertiary/aromatic N) is 3. The summed E-state index contributed by atoms with van der Waals surface area (Å²) in [4.78, 5) is 34.3. The van der Waals surface area contributed by atoms with Crippen LogP contribution in [0.4, 0.5) is 5.69 Å². The molecule has 8 heteroatoms. The molecule has 3 heterocycles. The fraction of sp³-hybridized carbons (Fsp3) is 0.321. The number of anilines is 1. The third-order valence-electron chi connectivity index (χ3n) is 6.67. The average molecular weight is 522 g/mol. The van der Waals surface area contributed by atoms with E-state index in [1.165, 1.54) is 35.4 Å². The minimum Gasteiger partial charge on any atom is -0.463 e. The molecule has 2 aliphatic heterocycles. The van der Waals surface area contributed by atoms with E-state index in [4.69, 9.17) is 16.3 Å². The van der Waals surface area contributed by atoms with E-state index < -0.39 is 12.0 Å². The number of allylic oxidation sites excluding steroid dienone is 1. The van der Waals surface area contributed by atoms with Gasteiger partial charge >= 0.3 is 5.97 Å². The van der Waals surface area contributed by atoms with Crippen LogP contribution in [0.25, 0.3) is 6.08 Å². The molecule has 0 radical (unpaired) electrons. The highest BCUT2D eigenvalue weighted by Crippen LogP contribution is 2.31. The van der Waals surface area contributed by atoms with Gasteiger partial charge < -0.3 is 9.64 Å². The smallest absolute Gasteiger partial charge is 0.338 e. The molecule has 0 amide bonds. The molecule has 0 aliphatic carbocycles. The van der Waals surface area contributed by atoms with Crippen LogP contribution in [0.1, 0.15) is 49.4 Å². The second-order valence-corrected chi connectivity index (χ2v) is 10.5. The topological polar surface area (TPSA) is 63.9 Å². The molecular weight excluding hydrogens is 494 g/mol. The van der Waals surface area contributed by atoms with E-state index in [-0.39, 0.29) is 12.2 Å². The summed E-state index contributed by atoms with van der Waals surface area (Å²) in [6.07, 6.45) is 4.36. The summed E-state index contributed by atoms with van der Waals surface area (Å²) >= 11 is 7.45. The van der Waals surface area contributed by atoms with E-state index in [2.05, 4.69) is 35.0 Å². The van der Waals surface area contributed by atoms with Gasteiger partial charge in [0.1, 0.15) is 0 Å². The number of thiazole rings is 1. The molecule has 0 spiro atoms. The first-order valence-electron chi connectivity index (χ1n) is 12.2. The number of hydrogen-bond acceptors (Lipinski definition) is 6. The van der Waals surface area contributed by atoms with Crippen LogP contribution in [0.2, 0.25) is 5.02 Å². The lowest BCUT2D eigenvalue weighted by atomic mass is 9.96. The van der Waals surface area contributed by atoms with E-state index in [0.717, 1.165) is 24.2 Å². The van der Waals surface area contributed by atoms with Crippen molar-refractivity contribution in [3.05, 3.63) is 95.1 Å². The Morgan fingerprint density at radius 1 is 1.17 bits per heavy atom. The number of halogens is 1. The first-order chi connectivity index (χ1) is 17.4. The number of fused-ring (bicyclic) bond motifs is 1. The van der Waals surface area contributed by atoms with Gasteiger partial charge in [0.15, 0.2) is 4.80 Å². The van der Waals surface area contributed by atoms with E-state index >= 15 is 0 Å².